The Morgan fingerprint density at radius 2 is 1.47 bits per heavy atom. The molecule has 5 rings (SSSR count). The zero-order valence-electron chi connectivity index (χ0n) is 12.1. The van der Waals surface area contributed by atoms with Crippen LogP contribution in [-0.2, 0) is 0 Å². The van der Waals surface area contributed by atoms with Crippen molar-refractivity contribution in [3.63, 3.8) is 0 Å². The first-order chi connectivity index (χ1) is 9.28. The number of hydrogen-bond donors (Lipinski definition) is 2. The lowest BCUT2D eigenvalue weighted by Crippen LogP contribution is -2.49. The van der Waals surface area contributed by atoms with Gasteiger partial charge in [-0.05, 0) is 99.5 Å². The van der Waals surface area contributed by atoms with Gasteiger partial charge in [0, 0.05) is 6.61 Å². The van der Waals surface area contributed by atoms with E-state index in [9.17, 15) is 5.11 Å². The molecule has 19 heavy (non-hydrogen) atoms. The average molecular weight is 263 g/mol. The highest BCUT2D eigenvalue weighted by atomic mass is 16.3. The van der Waals surface area contributed by atoms with Crippen LogP contribution in [0.4, 0.5) is 0 Å². The smallest absolute Gasteiger partial charge is 0.0488 e. The third-order valence-electron chi connectivity index (χ3n) is 7.09. The van der Waals surface area contributed by atoms with Crippen LogP contribution < -0.4 is 5.32 Å². The molecule has 0 aromatic heterocycles. The van der Waals surface area contributed by atoms with Crippen molar-refractivity contribution in [2.45, 2.75) is 51.4 Å². The highest BCUT2D eigenvalue weighted by molar-refractivity contribution is 5.00. The van der Waals surface area contributed by atoms with Crippen LogP contribution >= 0.6 is 0 Å². The minimum Gasteiger partial charge on any atom is -0.396 e. The predicted molar refractivity (Wildman–Crippen MR) is 76.8 cm³/mol. The van der Waals surface area contributed by atoms with Gasteiger partial charge in [0.2, 0.25) is 0 Å². The highest BCUT2D eigenvalue weighted by Crippen LogP contribution is 2.59. The summed E-state index contributed by atoms with van der Waals surface area (Å²) in [6.07, 6.45) is 11.4. The molecular formula is C17H29NO. The molecule has 108 valence electrons. The molecule has 0 atom stereocenters. The van der Waals surface area contributed by atoms with Gasteiger partial charge in [-0.25, -0.2) is 0 Å². The molecule has 0 unspecified atom stereocenters. The van der Waals surface area contributed by atoms with Crippen molar-refractivity contribution >= 4 is 0 Å². The zero-order valence-corrected chi connectivity index (χ0v) is 12.1. The molecule has 4 saturated carbocycles. The Bertz CT molecular complexity index is 306. The third kappa shape index (κ3) is 2.15. The normalized spacial score (nSPS) is 47.5. The van der Waals surface area contributed by atoms with Crippen molar-refractivity contribution in [1.29, 1.82) is 0 Å². The van der Waals surface area contributed by atoms with Crippen LogP contribution in [0, 0.1) is 35.0 Å². The van der Waals surface area contributed by atoms with E-state index in [1.165, 1.54) is 44.9 Å². The maximum absolute atomic E-state index is 9.97. The van der Waals surface area contributed by atoms with Crippen molar-refractivity contribution in [2.24, 2.45) is 35.0 Å². The Kier molecular flexibility index (Phi) is 3.15. The van der Waals surface area contributed by atoms with Gasteiger partial charge in [0.15, 0.2) is 0 Å². The van der Waals surface area contributed by atoms with Crippen LogP contribution in [0.2, 0.25) is 0 Å². The van der Waals surface area contributed by atoms with Crippen LogP contribution in [0.15, 0.2) is 0 Å². The second kappa shape index (κ2) is 4.73. The molecule has 1 aliphatic heterocycles. The fourth-order valence-electron chi connectivity index (χ4n) is 6.26. The number of rotatable bonds is 3. The molecule has 1 heterocycles. The number of nitrogens with one attached hydrogen (secondary N) is 1. The van der Waals surface area contributed by atoms with E-state index in [4.69, 9.17) is 0 Å². The van der Waals surface area contributed by atoms with E-state index in [0.29, 0.717) is 6.61 Å². The maximum atomic E-state index is 9.97. The molecule has 0 spiro atoms. The molecule has 5 fully saturated rings. The first kappa shape index (κ1) is 12.6. The van der Waals surface area contributed by atoms with E-state index in [0.717, 1.165) is 42.7 Å². The monoisotopic (exact) mass is 263 g/mol. The molecule has 0 aromatic carbocycles. The van der Waals surface area contributed by atoms with E-state index < -0.39 is 0 Å². The summed E-state index contributed by atoms with van der Waals surface area (Å²) in [5.74, 6) is 5.16. The number of piperidine rings is 1. The lowest BCUT2D eigenvalue weighted by atomic mass is 9.49. The molecule has 2 heteroatoms. The molecule has 2 N–H and O–H groups in total. The van der Waals surface area contributed by atoms with Crippen molar-refractivity contribution in [2.75, 3.05) is 19.7 Å². The van der Waals surface area contributed by atoms with Gasteiger partial charge in [-0.1, -0.05) is 0 Å². The van der Waals surface area contributed by atoms with E-state index in [1.54, 1.807) is 6.42 Å². The Labute approximate surface area is 117 Å². The molecule has 1 saturated heterocycles. The zero-order chi connectivity index (χ0) is 12.9. The minimum atomic E-state index is 0.269. The number of hydrogen-bond acceptors (Lipinski definition) is 2. The molecule has 2 nitrogen and oxygen atoms in total. The summed E-state index contributed by atoms with van der Waals surface area (Å²) in [7, 11) is 0. The van der Waals surface area contributed by atoms with Gasteiger partial charge >= 0.3 is 0 Å². The second-order valence-corrected chi connectivity index (χ2v) is 8.21. The molecule has 4 bridgehead atoms. The Balaban J connectivity index is 1.50. The Morgan fingerprint density at radius 3 is 2.00 bits per heavy atom. The first-order valence-electron chi connectivity index (χ1n) is 8.59. The fourth-order valence-corrected chi connectivity index (χ4v) is 6.26. The molecule has 0 amide bonds. The van der Waals surface area contributed by atoms with Gasteiger partial charge < -0.3 is 10.4 Å². The fraction of sp³-hybridized carbons (Fsp3) is 1.00. The largest absolute Gasteiger partial charge is 0.396 e. The van der Waals surface area contributed by atoms with Gasteiger partial charge in [-0.3, -0.25) is 0 Å². The van der Waals surface area contributed by atoms with Crippen LogP contribution in [-0.4, -0.2) is 24.8 Å². The van der Waals surface area contributed by atoms with Gasteiger partial charge in [-0.2, -0.15) is 0 Å². The molecular weight excluding hydrogens is 234 g/mol. The Morgan fingerprint density at radius 1 is 0.895 bits per heavy atom. The highest BCUT2D eigenvalue weighted by Gasteiger charge is 2.50. The maximum Gasteiger partial charge on any atom is 0.0488 e. The van der Waals surface area contributed by atoms with Gasteiger partial charge in [0.1, 0.15) is 0 Å². The van der Waals surface area contributed by atoms with E-state index in [2.05, 4.69) is 5.32 Å². The standard InChI is InChI=1S/C17H29NO/c19-11-17(1-3-18-4-2-17)10-16-14-6-12-5-13(8-14)9-15(16)7-12/h12-16,18-19H,1-11H2. The van der Waals surface area contributed by atoms with Crippen molar-refractivity contribution < 1.29 is 5.11 Å². The Hall–Kier alpha value is -0.0800. The summed E-state index contributed by atoms with van der Waals surface area (Å²) < 4.78 is 0. The first-order valence-corrected chi connectivity index (χ1v) is 8.59. The minimum absolute atomic E-state index is 0.269. The van der Waals surface area contributed by atoms with E-state index in [1.807, 2.05) is 0 Å². The summed E-state index contributed by atoms with van der Waals surface area (Å²) in [4.78, 5) is 0. The molecule has 5 aliphatic rings. The second-order valence-electron chi connectivity index (χ2n) is 8.21. The number of aliphatic hydroxyl groups excluding tert-OH is 1. The van der Waals surface area contributed by atoms with Crippen LogP contribution in [0.3, 0.4) is 0 Å². The lowest BCUT2D eigenvalue weighted by Gasteiger charge is -2.56. The lowest BCUT2D eigenvalue weighted by molar-refractivity contribution is -0.0679. The quantitative estimate of drug-likeness (QED) is 0.820. The molecule has 4 aliphatic carbocycles. The van der Waals surface area contributed by atoms with Crippen LogP contribution in [0.1, 0.15) is 51.4 Å². The van der Waals surface area contributed by atoms with E-state index >= 15 is 0 Å². The summed E-state index contributed by atoms with van der Waals surface area (Å²) in [6.45, 7) is 2.67. The average Bonchev–Trinajstić information content (AvgIpc) is 2.43. The molecule has 0 aromatic rings. The van der Waals surface area contributed by atoms with Crippen molar-refractivity contribution in [3.05, 3.63) is 0 Å². The summed E-state index contributed by atoms with van der Waals surface area (Å²) >= 11 is 0. The summed E-state index contributed by atoms with van der Waals surface area (Å²) in [5.41, 5.74) is 0.269. The molecule has 0 radical (unpaired) electrons. The van der Waals surface area contributed by atoms with Gasteiger partial charge in [0.05, 0.1) is 0 Å². The topological polar surface area (TPSA) is 32.3 Å². The number of aliphatic hydroxyl groups is 1. The van der Waals surface area contributed by atoms with E-state index in [-0.39, 0.29) is 5.41 Å². The SMILES string of the molecule is OCC1(CC2C3CC4CC(C3)CC2C4)CCNCC1. The van der Waals surface area contributed by atoms with Crippen LogP contribution in [0.5, 0.6) is 0 Å². The van der Waals surface area contributed by atoms with Gasteiger partial charge in [0.25, 0.3) is 0 Å². The predicted octanol–water partition coefficient (Wildman–Crippen LogP) is 2.81. The third-order valence-corrected chi connectivity index (χ3v) is 7.09. The summed E-state index contributed by atoms with van der Waals surface area (Å²) in [6, 6.07) is 0. The van der Waals surface area contributed by atoms with Crippen molar-refractivity contribution in [1.82, 2.24) is 5.32 Å². The summed E-state index contributed by atoms with van der Waals surface area (Å²) in [5, 5.41) is 13.4. The van der Waals surface area contributed by atoms with Crippen LogP contribution in [0.25, 0.3) is 0 Å². The van der Waals surface area contributed by atoms with Crippen molar-refractivity contribution in [3.8, 4) is 0 Å². The van der Waals surface area contributed by atoms with Gasteiger partial charge in [-0.15, -0.1) is 0 Å².